The molecule has 0 unspecified atom stereocenters. The molecule has 3 aromatic rings. The zero-order chi connectivity index (χ0) is 27.2. The summed E-state index contributed by atoms with van der Waals surface area (Å²) in [5.74, 6) is -2.05. The van der Waals surface area contributed by atoms with Gasteiger partial charge in [0, 0.05) is 11.8 Å². The lowest BCUT2D eigenvalue weighted by Crippen LogP contribution is -2.21. The quantitative estimate of drug-likeness (QED) is 0.379. The minimum atomic E-state index is -4.78. The Balaban J connectivity index is 0.000000479. The van der Waals surface area contributed by atoms with E-state index < -0.39 is 18.1 Å². The van der Waals surface area contributed by atoms with Gasteiger partial charge < -0.3 is 19.8 Å². The first-order chi connectivity index (χ1) is 17.6. The Kier molecular flexibility index (Phi) is 9.37. The number of hydrogen-bond donors (Lipinski definition) is 2. The lowest BCUT2D eigenvalue weighted by Gasteiger charge is -2.19. The summed E-state index contributed by atoms with van der Waals surface area (Å²) in [5, 5.41) is 20.7. The van der Waals surface area contributed by atoms with Gasteiger partial charge in [-0.3, -0.25) is 0 Å². The number of aromatic nitrogens is 1. The molecule has 0 atom stereocenters. The summed E-state index contributed by atoms with van der Waals surface area (Å²) < 4.78 is 40.8. The van der Waals surface area contributed by atoms with Gasteiger partial charge in [0.25, 0.3) is 0 Å². The van der Waals surface area contributed by atoms with Crippen LogP contribution in [0.15, 0.2) is 36.4 Å². The molecule has 37 heavy (non-hydrogen) atoms. The van der Waals surface area contributed by atoms with Crippen molar-refractivity contribution in [2.24, 2.45) is 0 Å². The molecule has 200 valence electrons. The van der Waals surface area contributed by atoms with Crippen molar-refractivity contribution >= 4 is 16.9 Å². The van der Waals surface area contributed by atoms with Crippen LogP contribution in [-0.2, 0) is 19.3 Å². The van der Waals surface area contributed by atoms with Gasteiger partial charge in [-0.2, -0.15) is 0 Å². The molecular formula is C28H33F3N2O4. The molecule has 9 heteroatoms. The number of rotatable bonds is 7. The maximum absolute atomic E-state index is 12.3. The molecule has 4 rings (SSSR count). The second-order valence-corrected chi connectivity index (χ2v) is 8.88. The van der Waals surface area contributed by atoms with E-state index >= 15 is 0 Å². The van der Waals surface area contributed by atoms with Crippen molar-refractivity contribution in [3.05, 3.63) is 64.3 Å². The molecule has 2 N–H and O–H groups in total. The van der Waals surface area contributed by atoms with Gasteiger partial charge in [0.15, 0.2) is 5.75 Å². The van der Waals surface area contributed by atoms with Crippen LogP contribution in [-0.4, -0.2) is 52.1 Å². The Bertz CT molecular complexity index is 1220. The number of aromatic carboxylic acids is 1. The van der Waals surface area contributed by atoms with Crippen LogP contribution in [0.4, 0.5) is 13.2 Å². The van der Waals surface area contributed by atoms with Crippen LogP contribution in [0, 0.1) is 0 Å². The van der Waals surface area contributed by atoms with Crippen LogP contribution in [0.3, 0.4) is 0 Å². The predicted molar refractivity (Wildman–Crippen MR) is 136 cm³/mol. The molecule has 1 heterocycles. The topological polar surface area (TPSA) is 82.9 Å². The largest absolute Gasteiger partial charge is 0.573 e. The zero-order valence-electron chi connectivity index (χ0n) is 21.4. The molecule has 0 bridgehead atoms. The monoisotopic (exact) mass is 518 g/mol. The van der Waals surface area contributed by atoms with E-state index in [2.05, 4.69) is 35.4 Å². The first-order valence-electron chi connectivity index (χ1n) is 12.5. The summed E-state index contributed by atoms with van der Waals surface area (Å²) in [6.07, 6.45) is -1.000. The number of alkyl halides is 3. The first-order valence-corrected chi connectivity index (χ1v) is 12.5. The maximum Gasteiger partial charge on any atom is 0.573 e. The van der Waals surface area contributed by atoms with E-state index in [0.29, 0.717) is 16.5 Å². The normalized spacial score (nSPS) is 13.2. The summed E-state index contributed by atoms with van der Waals surface area (Å²) in [5.41, 5.74) is 3.21. The average Bonchev–Trinajstić information content (AvgIpc) is 2.86. The van der Waals surface area contributed by atoms with Gasteiger partial charge in [0.1, 0.15) is 11.3 Å². The lowest BCUT2D eigenvalue weighted by molar-refractivity contribution is -0.274. The van der Waals surface area contributed by atoms with Crippen LogP contribution in [0.25, 0.3) is 10.9 Å². The molecule has 1 aliphatic rings. The van der Waals surface area contributed by atoms with Gasteiger partial charge in [-0.05, 0) is 74.1 Å². The van der Waals surface area contributed by atoms with Gasteiger partial charge in [0.2, 0.25) is 0 Å². The first kappa shape index (κ1) is 28.2. The number of aromatic hydroxyl groups is 1. The molecule has 0 spiro atoms. The third-order valence-electron chi connectivity index (χ3n) is 6.61. The van der Waals surface area contributed by atoms with E-state index in [1.807, 2.05) is 6.07 Å². The highest BCUT2D eigenvalue weighted by Gasteiger charge is 2.31. The van der Waals surface area contributed by atoms with Crippen molar-refractivity contribution in [3.63, 3.8) is 0 Å². The van der Waals surface area contributed by atoms with Gasteiger partial charge in [-0.25, -0.2) is 9.78 Å². The number of benzene rings is 2. The van der Waals surface area contributed by atoms with Gasteiger partial charge >= 0.3 is 12.3 Å². The van der Waals surface area contributed by atoms with E-state index in [-0.39, 0.29) is 23.4 Å². The summed E-state index contributed by atoms with van der Waals surface area (Å²) in [6.45, 7) is 10.1. The number of fused-ring (bicyclic) bond motifs is 3. The molecule has 2 aromatic carbocycles. The Hall–Kier alpha value is -3.33. The Morgan fingerprint density at radius 3 is 2.16 bits per heavy atom. The Morgan fingerprint density at radius 1 is 1.00 bits per heavy atom. The predicted octanol–water partition coefficient (Wildman–Crippen LogP) is 6.35. The number of ether oxygens (including phenoxy) is 1. The molecule has 0 fully saturated rings. The second kappa shape index (κ2) is 12.3. The van der Waals surface area contributed by atoms with Crippen LogP contribution in [0.1, 0.15) is 66.4 Å². The average molecular weight is 519 g/mol. The summed E-state index contributed by atoms with van der Waals surface area (Å²) in [6, 6.07) is 8.76. The fourth-order valence-corrected chi connectivity index (χ4v) is 4.61. The number of carboxylic acid groups (broad SMARTS) is 1. The SMILES string of the molecule is CCN(CC)CC.O=C(O)c1c(O)c(Cc2ccc(OC(F)(F)F)cc2)nc2c3c(ccc12)CCCC3. The minimum absolute atomic E-state index is 0.0675. The number of pyridine rings is 1. The molecule has 0 saturated carbocycles. The fraction of sp³-hybridized carbons (Fsp3) is 0.429. The summed E-state index contributed by atoms with van der Waals surface area (Å²) >= 11 is 0. The third-order valence-corrected chi connectivity index (χ3v) is 6.61. The van der Waals surface area contributed by atoms with Crippen molar-refractivity contribution in [1.82, 2.24) is 9.88 Å². The minimum Gasteiger partial charge on any atom is -0.505 e. The highest BCUT2D eigenvalue weighted by molar-refractivity contribution is 6.06. The highest BCUT2D eigenvalue weighted by atomic mass is 19.4. The van der Waals surface area contributed by atoms with Crippen molar-refractivity contribution in [2.45, 2.75) is 59.2 Å². The molecule has 1 aromatic heterocycles. The number of aryl methyl sites for hydroxylation is 2. The fourth-order valence-electron chi connectivity index (χ4n) is 4.61. The summed E-state index contributed by atoms with van der Waals surface area (Å²) in [7, 11) is 0. The van der Waals surface area contributed by atoms with Crippen LogP contribution in [0.5, 0.6) is 11.5 Å². The van der Waals surface area contributed by atoms with Crippen molar-refractivity contribution in [3.8, 4) is 11.5 Å². The van der Waals surface area contributed by atoms with Crippen molar-refractivity contribution in [2.75, 3.05) is 19.6 Å². The number of carboxylic acids is 1. The van der Waals surface area contributed by atoms with Crippen LogP contribution < -0.4 is 4.74 Å². The summed E-state index contributed by atoms with van der Waals surface area (Å²) in [4.78, 5) is 18.8. The van der Waals surface area contributed by atoms with Gasteiger partial charge in [-0.15, -0.1) is 13.2 Å². The van der Waals surface area contributed by atoms with E-state index in [9.17, 15) is 28.2 Å². The van der Waals surface area contributed by atoms with E-state index in [0.717, 1.165) is 36.8 Å². The smallest absolute Gasteiger partial charge is 0.505 e. The Morgan fingerprint density at radius 2 is 1.62 bits per heavy atom. The van der Waals surface area contributed by atoms with Gasteiger partial charge in [-0.1, -0.05) is 45.0 Å². The third kappa shape index (κ3) is 7.13. The van der Waals surface area contributed by atoms with Crippen molar-refractivity contribution in [1.29, 1.82) is 0 Å². The zero-order valence-corrected chi connectivity index (χ0v) is 21.4. The Labute approximate surface area is 214 Å². The van der Waals surface area contributed by atoms with Crippen LogP contribution >= 0.6 is 0 Å². The van der Waals surface area contributed by atoms with Crippen molar-refractivity contribution < 1.29 is 32.9 Å². The molecule has 1 aliphatic carbocycles. The standard InChI is InChI=1S/C22H18F3NO4.C6H15N/c23-22(24,25)30-14-8-5-12(6-9-14)11-17-20(27)18(21(28)29)16-10-7-13-3-1-2-4-15(13)19(16)26-17;1-4-7(5-2)6-3/h5-10,27H,1-4,11H2,(H,28,29);4-6H2,1-3H3. The molecule has 0 radical (unpaired) electrons. The van der Waals surface area contributed by atoms with E-state index in [4.69, 9.17) is 0 Å². The van der Waals surface area contributed by atoms with E-state index in [1.165, 1.54) is 43.9 Å². The van der Waals surface area contributed by atoms with Crippen LogP contribution in [0.2, 0.25) is 0 Å². The number of hydrogen-bond acceptors (Lipinski definition) is 5. The van der Waals surface area contributed by atoms with Gasteiger partial charge in [0.05, 0.1) is 11.2 Å². The number of halogens is 3. The molecule has 6 nitrogen and oxygen atoms in total. The van der Waals surface area contributed by atoms with E-state index in [1.54, 1.807) is 6.07 Å². The molecule has 0 saturated heterocycles. The number of carbonyl (C=O) groups is 1. The number of nitrogens with zero attached hydrogens (tertiary/aromatic N) is 2. The molecule has 0 amide bonds. The second-order valence-electron chi connectivity index (χ2n) is 8.88. The molecule has 0 aliphatic heterocycles. The lowest BCUT2D eigenvalue weighted by atomic mass is 9.88. The highest BCUT2D eigenvalue weighted by Crippen LogP contribution is 2.35. The molecular weight excluding hydrogens is 485 g/mol. The maximum atomic E-state index is 12.3.